The Morgan fingerprint density at radius 1 is 1.48 bits per heavy atom. The van der Waals surface area contributed by atoms with Gasteiger partial charge in [-0.2, -0.15) is 5.10 Å². The normalized spacial score (nSPS) is 11.0. The van der Waals surface area contributed by atoms with Crippen LogP contribution in [-0.2, 0) is 13.6 Å². The number of nitrogens with one attached hydrogen (secondary N) is 1. The van der Waals surface area contributed by atoms with Crippen molar-refractivity contribution in [1.29, 1.82) is 0 Å². The summed E-state index contributed by atoms with van der Waals surface area (Å²) < 4.78 is 2.39. The number of nitro groups is 1. The minimum atomic E-state index is -0.400. The van der Waals surface area contributed by atoms with Crippen LogP contribution in [0.5, 0.6) is 0 Å². The van der Waals surface area contributed by atoms with E-state index in [1.54, 1.807) is 30.2 Å². The summed E-state index contributed by atoms with van der Waals surface area (Å²) in [5, 5.41) is 19.2. The van der Waals surface area contributed by atoms with Crippen LogP contribution in [0.1, 0.15) is 10.8 Å². The van der Waals surface area contributed by atoms with Crippen molar-refractivity contribution in [3.63, 3.8) is 0 Å². The molecule has 108 valence electrons. The molecule has 2 heterocycles. The van der Waals surface area contributed by atoms with Gasteiger partial charge in [0, 0.05) is 13.1 Å². The summed E-state index contributed by atoms with van der Waals surface area (Å²) in [6, 6.07) is 3.24. The first-order valence-corrected chi connectivity index (χ1v) is 6.98. The average molecular weight is 304 g/mol. The van der Waals surface area contributed by atoms with Crippen molar-refractivity contribution in [2.45, 2.75) is 13.5 Å². The fraction of sp³-hybridized carbons (Fsp3) is 0.250. The number of hydrogen-bond acceptors (Lipinski definition) is 7. The quantitative estimate of drug-likeness (QED) is 0.586. The average Bonchev–Trinajstić information content (AvgIpc) is 2.99. The third kappa shape index (κ3) is 2.68. The lowest BCUT2D eigenvalue weighted by molar-refractivity contribution is -0.383. The zero-order chi connectivity index (χ0) is 15.0. The Balaban J connectivity index is 1.95. The molecule has 0 bridgehead atoms. The molecule has 1 aromatic carbocycles. The first-order chi connectivity index (χ1) is 10.0. The van der Waals surface area contributed by atoms with Gasteiger partial charge in [0.1, 0.15) is 12.0 Å². The van der Waals surface area contributed by atoms with E-state index in [4.69, 9.17) is 0 Å². The van der Waals surface area contributed by atoms with Crippen molar-refractivity contribution in [3.05, 3.63) is 39.4 Å². The summed E-state index contributed by atoms with van der Waals surface area (Å²) >= 11 is 1.44. The van der Waals surface area contributed by atoms with E-state index in [0.717, 1.165) is 15.2 Å². The number of fused-ring (bicyclic) bond motifs is 1. The Hall–Kier alpha value is -2.55. The van der Waals surface area contributed by atoms with Gasteiger partial charge in [-0.05, 0) is 13.0 Å². The molecule has 21 heavy (non-hydrogen) atoms. The highest BCUT2D eigenvalue weighted by Crippen LogP contribution is 2.33. The molecule has 0 amide bonds. The Morgan fingerprint density at radius 3 is 2.95 bits per heavy atom. The minimum absolute atomic E-state index is 0.0297. The number of rotatable bonds is 4. The zero-order valence-corrected chi connectivity index (χ0v) is 12.2. The number of hydrogen-bond donors (Lipinski definition) is 1. The molecule has 0 saturated heterocycles. The van der Waals surface area contributed by atoms with Crippen molar-refractivity contribution in [1.82, 2.24) is 19.7 Å². The maximum Gasteiger partial charge on any atom is 0.293 e. The highest BCUT2D eigenvalue weighted by molar-refractivity contribution is 7.18. The van der Waals surface area contributed by atoms with Crippen LogP contribution in [0.2, 0.25) is 0 Å². The van der Waals surface area contributed by atoms with E-state index in [-0.39, 0.29) is 5.69 Å². The van der Waals surface area contributed by atoms with E-state index in [1.807, 2.05) is 6.92 Å². The van der Waals surface area contributed by atoms with Gasteiger partial charge in [-0.1, -0.05) is 0 Å². The number of benzene rings is 1. The zero-order valence-electron chi connectivity index (χ0n) is 11.4. The van der Waals surface area contributed by atoms with Gasteiger partial charge in [0.15, 0.2) is 5.82 Å². The van der Waals surface area contributed by atoms with E-state index >= 15 is 0 Å². The first kappa shape index (κ1) is 13.4. The van der Waals surface area contributed by atoms with E-state index in [2.05, 4.69) is 20.4 Å². The van der Waals surface area contributed by atoms with Crippen LogP contribution in [-0.4, -0.2) is 24.7 Å². The van der Waals surface area contributed by atoms with Gasteiger partial charge in [0.2, 0.25) is 0 Å². The van der Waals surface area contributed by atoms with Gasteiger partial charge >= 0.3 is 0 Å². The molecule has 3 rings (SSSR count). The lowest BCUT2D eigenvalue weighted by Gasteiger charge is -2.05. The molecule has 9 heteroatoms. The molecule has 2 aromatic heterocycles. The van der Waals surface area contributed by atoms with Crippen LogP contribution in [0, 0.1) is 17.0 Å². The third-order valence-electron chi connectivity index (χ3n) is 2.89. The number of anilines is 1. The Morgan fingerprint density at radius 2 is 2.29 bits per heavy atom. The Bertz CT molecular complexity index is 824. The summed E-state index contributed by atoms with van der Waals surface area (Å²) in [6.45, 7) is 2.19. The Labute approximate surface area is 123 Å². The lowest BCUT2D eigenvalue weighted by atomic mass is 10.2. The molecular weight excluding hydrogens is 292 g/mol. The van der Waals surface area contributed by atoms with Gasteiger partial charge in [-0.25, -0.2) is 9.97 Å². The molecule has 0 atom stereocenters. The molecule has 0 aliphatic rings. The number of nitro benzene ring substituents is 1. The molecule has 8 nitrogen and oxygen atoms in total. The summed E-state index contributed by atoms with van der Waals surface area (Å²) in [6.07, 6.45) is 1.58. The number of nitrogens with zero attached hydrogens (tertiary/aromatic N) is 5. The van der Waals surface area contributed by atoms with E-state index in [0.29, 0.717) is 18.1 Å². The Kier molecular flexibility index (Phi) is 3.26. The van der Waals surface area contributed by atoms with Crippen molar-refractivity contribution in [3.8, 4) is 0 Å². The molecule has 3 aromatic rings. The van der Waals surface area contributed by atoms with E-state index in [9.17, 15) is 10.1 Å². The monoisotopic (exact) mass is 304 g/mol. The van der Waals surface area contributed by atoms with Gasteiger partial charge in [0.05, 0.1) is 26.7 Å². The molecule has 0 aliphatic heterocycles. The molecule has 0 fully saturated rings. The SMILES string of the molecule is Cc1nc2cc(NCc3ncn(C)n3)c([N+](=O)[O-])cc2s1. The van der Waals surface area contributed by atoms with Crippen LogP contribution in [0.4, 0.5) is 11.4 Å². The van der Waals surface area contributed by atoms with Gasteiger partial charge in [-0.15, -0.1) is 11.3 Å². The smallest absolute Gasteiger partial charge is 0.293 e. The first-order valence-electron chi connectivity index (χ1n) is 6.17. The highest BCUT2D eigenvalue weighted by atomic mass is 32.1. The summed E-state index contributed by atoms with van der Waals surface area (Å²) in [4.78, 5) is 19.2. The summed E-state index contributed by atoms with van der Waals surface area (Å²) in [7, 11) is 1.77. The second kappa shape index (κ2) is 5.09. The number of thiazole rings is 1. The topological polar surface area (TPSA) is 98.8 Å². The molecule has 0 aliphatic carbocycles. The largest absolute Gasteiger partial charge is 0.372 e. The summed E-state index contributed by atoms with van der Waals surface area (Å²) in [5.74, 6) is 0.571. The van der Waals surface area contributed by atoms with E-state index < -0.39 is 4.92 Å². The molecule has 0 unspecified atom stereocenters. The maximum atomic E-state index is 11.2. The van der Waals surface area contributed by atoms with Crippen molar-refractivity contribution < 1.29 is 4.92 Å². The standard InChI is InChI=1S/C12H12N6O2S/c1-7-15-9-3-8(10(18(19)20)4-11(9)21-7)13-5-12-14-6-17(2)16-12/h3-4,6,13H,5H2,1-2H3. The van der Waals surface area contributed by atoms with Gasteiger partial charge in [-0.3, -0.25) is 14.8 Å². The molecule has 0 spiro atoms. The van der Waals surface area contributed by atoms with E-state index in [1.165, 1.54) is 11.3 Å². The van der Waals surface area contributed by atoms with Crippen molar-refractivity contribution in [2.75, 3.05) is 5.32 Å². The van der Waals surface area contributed by atoms with Gasteiger partial charge in [0.25, 0.3) is 5.69 Å². The molecular formula is C12H12N6O2S. The minimum Gasteiger partial charge on any atom is -0.372 e. The van der Waals surface area contributed by atoms with Crippen molar-refractivity contribution >= 4 is 32.9 Å². The second-order valence-electron chi connectivity index (χ2n) is 4.52. The predicted molar refractivity (Wildman–Crippen MR) is 79.3 cm³/mol. The third-order valence-corrected chi connectivity index (χ3v) is 3.83. The van der Waals surface area contributed by atoms with Crippen LogP contribution in [0.3, 0.4) is 0 Å². The number of aryl methyl sites for hydroxylation is 2. The maximum absolute atomic E-state index is 11.2. The highest BCUT2D eigenvalue weighted by Gasteiger charge is 2.17. The van der Waals surface area contributed by atoms with Crippen LogP contribution >= 0.6 is 11.3 Å². The molecule has 1 N–H and O–H groups in total. The fourth-order valence-electron chi connectivity index (χ4n) is 2.01. The lowest BCUT2D eigenvalue weighted by Crippen LogP contribution is -2.04. The predicted octanol–water partition coefficient (Wildman–Crippen LogP) is 2.25. The second-order valence-corrected chi connectivity index (χ2v) is 5.75. The van der Waals surface area contributed by atoms with Crippen LogP contribution in [0.25, 0.3) is 10.2 Å². The van der Waals surface area contributed by atoms with Crippen LogP contribution in [0.15, 0.2) is 18.5 Å². The molecule has 0 radical (unpaired) electrons. The van der Waals surface area contributed by atoms with Gasteiger partial charge < -0.3 is 5.32 Å². The summed E-state index contributed by atoms with van der Waals surface area (Å²) in [5.41, 5.74) is 1.20. The fourth-order valence-corrected chi connectivity index (χ4v) is 2.85. The molecule has 0 saturated carbocycles. The number of aromatic nitrogens is 4. The van der Waals surface area contributed by atoms with Crippen LogP contribution < -0.4 is 5.32 Å². The van der Waals surface area contributed by atoms with Crippen molar-refractivity contribution in [2.24, 2.45) is 7.05 Å².